The zero-order valence-corrected chi connectivity index (χ0v) is 17.0. The molecule has 1 aliphatic heterocycles. The van der Waals surface area contributed by atoms with Crippen molar-refractivity contribution >= 4 is 23.8 Å². The lowest BCUT2D eigenvalue weighted by Crippen LogP contribution is -2.46. The summed E-state index contributed by atoms with van der Waals surface area (Å²) in [6.45, 7) is 2.45. The maximum absolute atomic E-state index is 12.7. The molecule has 0 aromatic heterocycles. The zero-order valence-electron chi connectivity index (χ0n) is 17.0. The van der Waals surface area contributed by atoms with E-state index >= 15 is 0 Å². The molecule has 1 heterocycles. The Morgan fingerprint density at radius 3 is 2.59 bits per heavy atom. The largest absolute Gasteiger partial charge is 0.417 e. The van der Waals surface area contributed by atoms with Crippen LogP contribution in [0, 0.1) is 0 Å². The van der Waals surface area contributed by atoms with Crippen LogP contribution in [0.2, 0.25) is 0 Å². The molecule has 2 atom stereocenters. The van der Waals surface area contributed by atoms with Gasteiger partial charge in [0.2, 0.25) is 0 Å². The molecule has 2 N–H and O–H groups in total. The summed E-state index contributed by atoms with van der Waals surface area (Å²) in [6.07, 6.45) is 2.70. The Balaban J connectivity index is 1.92. The number of ketones is 1. The van der Waals surface area contributed by atoms with E-state index in [2.05, 4.69) is 10.6 Å². The molecular formula is C21H29N3O5. The van der Waals surface area contributed by atoms with Crippen LogP contribution in [0.5, 0.6) is 0 Å². The van der Waals surface area contributed by atoms with Crippen LogP contribution in [-0.4, -0.2) is 60.9 Å². The summed E-state index contributed by atoms with van der Waals surface area (Å²) in [5.74, 6) is -1.28. The van der Waals surface area contributed by atoms with Crippen molar-refractivity contribution in [2.75, 3.05) is 20.1 Å². The molecule has 0 aliphatic carbocycles. The number of hydrogen-bond acceptors (Lipinski definition) is 6. The van der Waals surface area contributed by atoms with Gasteiger partial charge < -0.3 is 20.3 Å². The lowest BCUT2D eigenvalue weighted by Gasteiger charge is -2.22. The summed E-state index contributed by atoms with van der Waals surface area (Å²) >= 11 is 0. The van der Waals surface area contributed by atoms with Crippen molar-refractivity contribution in [2.45, 2.75) is 51.1 Å². The Bertz CT molecular complexity index is 716. The number of ether oxygens (including phenoxy) is 1. The quantitative estimate of drug-likeness (QED) is 0.482. The third kappa shape index (κ3) is 6.98. The minimum Gasteiger partial charge on any atom is -0.375 e. The van der Waals surface area contributed by atoms with Gasteiger partial charge in [-0.3, -0.25) is 9.59 Å². The number of amides is 2. The van der Waals surface area contributed by atoms with Crippen LogP contribution in [-0.2, 0) is 14.3 Å². The van der Waals surface area contributed by atoms with Crippen LogP contribution < -0.4 is 10.6 Å². The molecule has 2 amide bonds. The molecule has 1 aromatic carbocycles. The Kier molecular flexibility index (Phi) is 8.79. The minimum absolute atomic E-state index is 0.256. The molecule has 8 nitrogen and oxygen atoms in total. The van der Waals surface area contributed by atoms with E-state index in [4.69, 9.17) is 4.74 Å². The van der Waals surface area contributed by atoms with Crippen molar-refractivity contribution in [2.24, 2.45) is 0 Å². The fraction of sp³-hybridized carbons (Fsp3) is 0.524. The monoisotopic (exact) mass is 403 g/mol. The predicted octanol–water partition coefficient (Wildman–Crippen LogP) is 1.89. The van der Waals surface area contributed by atoms with E-state index in [0.717, 1.165) is 24.2 Å². The second-order valence-corrected chi connectivity index (χ2v) is 7.19. The third-order valence-electron chi connectivity index (χ3n) is 4.81. The summed E-state index contributed by atoms with van der Waals surface area (Å²) in [4.78, 5) is 50.3. The van der Waals surface area contributed by atoms with Crippen LogP contribution >= 0.6 is 0 Å². The van der Waals surface area contributed by atoms with Gasteiger partial charge in [-0.05, 0) is 37.9 Å². The number of rotatable bonds is 9. The molecule has 29 heavy (non-hydrogen) atoms. The van der Waals surface area contributed by atoms with Crippen molar-refractivity contribution in [1.82, 2.24) is 15.5 Å². The number of esters is 1. The fourth-order valence-electron chi connectivity index (χ4n) is 3.08. The number of Topliss-reactive ketones (excluding diaryl/α,β-unsaturated/α-hetero) is 1. The molecule has 1 aliphatic rings. The standard InChI is InChI=1S/C21H29N3O5/c1-3-4-11-16(23-19(26)15-9-6-5-7-10-15)18(25)14-24(2)21(28)29-20(27)17-12-8-13-22-17/h5-7,9-10,16-17,22H,3-4,8,11-14H2,1-2H3,(H,23,26)/t16?,17-/m0/s1. The highest BCUT2D eigenvalue weighted by molar-refractivity contribution is 5.99. The minimum atomic E-state index is -0.874. The first kappa shape index (κ1) is 22.5. The molecule has 1 aromatic rings. The van der Waals surface area contributed by atoms with Gasteiger partial charge in [-0.1, -0.05) is 38.0 Å². The first-order chi connectivity index (χ1) is 13.9. The summed E-state index contributed by atoms with van der Waals surface area (Å²) in [5.41, 5.74) is 0.462. The van der Waals surface area contributed by atoms with Crippen LogP contribution in [0.3, 0.4) is 0 Å². The maximum Gasteiger partial charge on any atom is 0.417 e. The molecule has 0 radical (unpaired) electrons. The molecule has 2 rings (SSSR count). The zero-order chi connectivity index (χ0) is 21.2. The average Bonchev–Trinajstić information content (AvgIpc) is 3.26. The molecule has 1 fully saturated rings. The van der Waals surface area contributed by atoms with Gasteiger partial charge in [-0.25, -0.2) is 9.59 Å². The van der Waals surface area contributed by atoms with Crippen molar-refractivity contribution in [3.8, 4) is 0 Å². The van der Waals surface area contributed by atoms with Gasteiger partial charge in [-0.2, -0.15) is 0 Å². The highest BCUT2D eigenvalue weighted by atomic mass is 16.6. The summed E-state index contributed by atoms with van der Waals surface area (Å²) in [5, 5.41) is 5.71. The molecule has 0 saturated carbocycles. The van der Waals surface area contributed by atoms with E-state index < -0.39 is 24.1 Å². The Morgan fingerprint density at radius 1 is 1.24 bits per heavy atom. The van der Waals surface area contributed by atoms with Crippen molar-refractivity contribution < 1.29 is 23.9 Å². The molecule has 0 spiro atoms. The Hall–Kier alpha value is -2.74. The number of nitrogens with one attached hydrogen (secondary N) is 2. The number of nitrogens with zero attached hydrogens (tertiary/aromatic N) is 1. The summed E-state index contributed by atoms with van der Waals surface area (Å²) in [6, 6.07) is 7.44. The van der Waals surface area contributed by atoms with E-state index in [-0.39, 0.29) is 18.2 Å². The second kappa shape index (κ2) is 11.3. The summed E-state index contributed by atoms with van der Waals surface area (Å²) in [7, 11) is 1.39. The fourth-order valence-corrected chi connectivity index (χ4v) is 3.08. The first-order valence-corrected chi connectivity index (χ1v) is 10.0. The van der Waals surface area contributed by atoms with E-state index in [0.29, 0.717) is 24.9 Å². The lowest BCUT2D eigenvalue weighted by molar-refractivity contribution is -0.140. The normalized spacial score (nSPS) is 16.7. The van der Waals surface area contributed by atoms with Crippen molar-refractivity contribution in [1.29, 1.82) is 0 Å². The summed E-state index contributed by atoms with van der Waals surface area (Å²) < 4.78 is 4.85. The predicted molar refractivity (Wildman–Crippen MR) is 107 cm³/mol. The molecule has 1 unspecified atom stereocenters. The van der Waals surface area contributed by atoms with Gasteiger partial charge in [0.05, 0.1) is 12.6 Å². The van der Waals surface area contributed by atoms with E-state index in [9.17, 15) is 19.2 Å². The van der Waals surface area contributed by atoms with Crippen LogP contribution in [0.15, 0.2) is 30.3 Å². The van der Waals surface area contributed by atoms with Gasteiger partial charge in [-0.15, -0.1) is 0 Å². The molecule has 8 heteroatoms. The molecule has 0 bridgehead atoms. The van der Waals surface area contributed by atoms with E-state index in [1.807, 2.05) is 6.92 Å². The van der Waals surface area contributed by atoms with E-state index in [1.54, 1.807) is 30.3 Å². The third-order valence-corrected chi connectivity index (χ3v) is 4.81. The first-order valence-electron chi connectivity index (χ1n) is 10.0. The van der Waals surface area contributed by atoms with Gasteiger partial charge in [0, 0.05) is 12.6 Å². The smallest absolute Gasteiger partial charge is 0.375 e. The topological polar surface area (TPSA) is 105 Å². The number of likely N-dealkylation sites (N-methyl/N-ethyl adjacent to an activating group) is 1. The highest BCUT2D eigenvalue weighted by Gasteiger charge is 2.28. The Morgan fingerprint density at radius 2 is 1.97 bits per heavy atom. The number of carbonyl (C=O) groups is 4. The lowest BCUT2D eigenvalue weighted by atomic mass is 10.0. The van der Waals surface area contributed by atoms with Crippen LogP contribution in [0.4, 0.5) is 4.79 Å². The molecular weight excluding hydrogens is 374 g/mol. The second-order valence-electron chi connectivity index (χ2n) is 7.19. The molecule has 158 valence electrons. The highest BCUT2D eigenvalue weighted by Crippen LogP contribution is 2.09. The van der Waals surface area contributed by atoms with Gasteiger partial charge in [0.15, 0.2) is 5.78 Å². The van der Waals surface area contributed by atoms with Crippen LogP contribution in [0.1, 0.15) is 49.4 Å². The van der Waals surface area contributed by atoms with Crippen molar-refractivity contribution in [3.05, 3.63) is 35.9 Å². The number of benzene rings is 1. The van der Waals surface area contributed by atoms with Crippen molar-refractivity contribution in [3.63, 3.8) is 0 Å². The van der Waals surface area contributed by atoms with Gasteiger partial charge in [0.1, 0.15) is 6.04 Å². The SMILES string of the molecule is CCCCC(NC(=O)c1ccccc1)C(=O)CN(C)C(=O)OC(=O)[C@@H]1CCCN1. The number of unbranched alkanes of at least 4 members (excludes halogenated alkanes) is 1. The maximum atomic E-state index is 12.7. The van der Waals surface area contributed by atoms with E-state index in [1.165, 1.54) is 7.05 Å². The average molecular weight is 403 g/mol. The number of hydrogen-bond donors (Lipinski definition) is 2. The van der Waals surface area contributed by atoms with Crippen LogP contribution in [0.25, 0.3) is 0 Å². The number of carbonyl (C=O) groups excluding carboxylic acids is 4. The molecule has 1 saturated heterocycles. The Labute approximate surface area is 171 Å². The van der Waals surface area contributed by atoms with Gasteiger partial charge in [0.25, 0.3) is 5.91 Å². The van der Waals surface area contributed by atoms with Gasteiger partial charge >= 0.3 is 12.1 Å².